The number of carbonyl (C=O) groups is 1. The number of fused-ring (bicyclic) bond motifs is 1. The largest absolute Gasteiger partial charge is 0.496 e. The number of hydrogen-bond acceptors (Lipinski definition) is 2. The molecule has 0 heterocycles. The van der Waals surface area contributed by atoms with Crippen molar-refractivity contribution in [1.82, 2.24) is 4.90 Å². The van der Waals surface area contributed by atoms with Crippen LogP contribution in [0.5, 0.6) is 5.75 Å². The normalized spacial score (nSPS) is 10.6. The fourth-order valence-corrected chi connectivity index (χ4v) is 2.72. The molecule has 0 aliphatic heterocycles. The summed E-state index contributed by atoms with van der Waals surface area (Å²) in [5, 5.41) is 1.94. The fraction of sp³-hybridized carbons (Fsp3) is 0.312. The Morgan fingerprint density at radius 3 is 2.50 bits per heavy atom. The highest BCUT2D eigenvalue weighted by molar-refractivity contribution is 9.10. The van der Waals surface area contributed by atoms with Gasteiger partial charge in [-0.2, -0.15) is 0 Å². The molecule has 0 aliphatic rings. The van der Waals surface area contributed by atoms with E-state index in [1.807, 2.05) is 44.2 Å². The summed E-state index contributed by atoms with van der Waals surface area (Å²) in [6, 6.07) is 9.73. The van der Waals surface area contributed by atoms with Crippen LogP contribution in [0.1, 0.15) is 24.2 Å². The van der Waals surface area contributed by atoms with Crippen molar-refractivity contribution < 1.29 is 9.53 Å². The molecule has 0 unspecified atom stereocenters. The van der Waals surface area contributed by atoms with Crippen LogP contribution in [0, 0.1) is 0 Å². The lowest BCUT2D eigenvalue weighted by Gasteiger charge is -2.21. The molecule has 4 heteroatoms. The minimum Gasteiger partial charge on any atom is -0.496 e. The molecule has 0 N–H and O–H groups in total. The van der Waals surface area contributed by atoms with Gasteiger partial charge in [0.15, 0.2) is 0 Å². The molecule has 3 nitrogen and oxygen atoms in total. The maximum absolute atomic E-state index is 12.7. The minimum absolute atomic E-state index is 0.0137. The third kappa shape index (κ3) is 2.66. The summed E-state index contributed by atoms with van der Waals surface area (Å²) in [7, 11) is 1.60. The summed E-state index contributed by atoms with van der Waals surface area (Å²) < 4.78 is 6.38. The molecule has 2 aromatic rings. The molecule has 0 atom stereocenters. The molecular weight excluding hydrogens is 318 g/mol. The van der Waals surface area contributed by atoms with E-state index in [4.69, 9.17) is 4.74 Å². The molecule has 1 amide bonds. The fourth-order valence-electron chi connectivity index (χ4n) is 2.34. The van der Waals surface area contributed by atoms with Crippen LogP contribution in [0.15, 0.2) is 34.8 Å². The predicted molar refractivity (Wildman–Crippen MR) is 85.5 cm³/mol. The Balaban J connectivity index is 2.67. The summed E-state index contributed by atoms with van der Waals surface area (Å²) in [5.74, 6) is 0.636. The van der Waals surface area contributed by atoms with Crippen LogP contribution in [-0.4, -0.2) is 31.0 Å². The van der Waals surface area contributed by atoms with Crippen LogP contribution in [0.4, 0.5) is 0 Å². The van der Waals surface area contributed by atoms with Crippen molar-refractivity contribution in [3.63, 3.8) is 0 Å². The van der Waals surface area contributed by atoms with Crippen molar-refractivity contribution in [3.8, 4) is 5.75 Å². The Kier molecular flexibility index (Phi) is 4.65. The van der Waals surface area contributed by atoms with Gasteiger partial charge >= 0.3 is 0 Å². The summed E-state index contributed by atoms with van der Waals surface area (Å²) in [6.45, 7) is 5.34. The smallest absolute Gasteiger partial charge is 0.258 e. The highest BCUT2D eigenvalue weighted by Gasteiger charge is 2.20. The molecule has 0 fully saturated rings. The standard InChI is InChI=1S/C16H18BrNO2/c1-4-18(5-2)16(19)15-13-8-7-12(17)10-11(13)6-9-14(15)20-3/h6-10H,4-5H2,1-3H3. The van der Waals surface area contributed by atoms with Gasteiger partial charge in [0.05, 0.1) is 12.7 Å². The molecule has 0 aliphatic carbocycles. The summed E-state index contributed by atoms with van der Waals surface area (Å²) >= 11 is 3.46. The number of methoxy groups -OCH3 is 1. The van der Waals surface area contributed by atoms with Crippen molar-refractivity contribution in [2.75, 3.05) is 20.2 Å². The molecule has 0 bridgehead atoms. The first kappa shape index (κ1) is 14.9. The molecule has 106 valence electrons. The number of rotatable bonds is 4. The van der Waals surface area contributed by atoms with Gasteiger partial charge in [-0.05, 0) is 42.8 Å². The van der Waals surface area contributed by atoms with Crippen molar-refractivity contribution in [2.45, 2.75) is 13.8 Å². The number of carbonyl (C=O) groups excluding carboxylic acids is 1. The second-order valence-electron chi connectivity index (χ2n) is 4.49. The molecule has 2 aromatic carbocycles. The zero-order valence-corrected chi connectivity index (χ0v) is 13.5. The van der Waals surface area contributed by atoms with E-state index in [0.29, 0.717) is 24.4 Å². The maximum atomic E-state index is 12.7. The van der Waals surface area contributed by atoms with Gasteiger partial charge in [0.2, 0.25) is 0 Å². The van der Waals surface area contributed by atoms with Crippen LogP contribution < -0.4 is 4.74 Å². The number of ether oxygens (including phenoxy) is 1. The summed E-state index contributed by atoms with van der Waals surface area (Å²) in [5.41, 5.74) is 0.640. The topological polar surface area (TPSA) is 29.5 Å². The Morgan fingerprint density at radius 1 is 1.20 bits per heavy atom. The molecule has 0 spiro atoms. The van der Waals surface area contributed by atoms with E-state index >= 15 is 0 Å². The van der Waals surface area contributed by atoms with Gasteiger partial charge in [0, 0.05) is 17.6 Å². The van der Waals surface area contributed by atoms with Crippen molar-refractivity contribution >= 4 is 32.6 Å². The zero-order valence-electron chi connectivity index (χ0n) is 11.9. The van der Waals surface area contributed by atoms with Gasteiger partial charge in [0.25, 0.3) is 5.91 Å². The first-order valence-corrected chi connectivity index (χ1v) is 7.47. The molecule has 2 rings (SSSR count). The third-order valence-corrected chi connectivity index (χ3v) is 3.92. The maximum Gasteiger partial charge on any atom is 0.258 e. The van der Waals surface area contributed by atoms with Crippen molar-refractivity contribution in [2.24, 2.45) is 0 Å². The average Bonchev–Trinajstić information content (AvgIpc) is 2.46. The Hall–Kier alpha value is -1.55. The molecule has 0 radical (unpaired) electrons. The van der Waals surface area contributed by atoms with Gasteiger partial charge in [-0.25, -0.2) is 0 Å². The number of halogens is 1. The zero-order chi connectivity index (χ0) is 14.7. The van der Waals surface area contributed by atoms with Crippen LogP contribution in [0.25, 0.3) is 10.8 Å². The Labute approximate surface area is 127 Å². The number of benzene rings is 2. The van der Waals surface area contributed by atoms with Crippen LogP contribution >= 0.6 is 15.9 Å². The number of nitrogens with zero attached hydrogens (tertiary/aromatic N) is 1. The van der Waals surface area contributed by atoms with E-state index in [1.165, 1.54) is 0 Å². The Morgan fingerprint density at radius 2 is 1.90 bits per heavy atom. The van der Waals surface area contributed by atoms with Crippen LogP contribution in [0.2, 0.25) is 0 Å². The monoisotopic (exact) mass is 335 g/mol. The second-order valence-corrected chi connectivity index (χ2v) is 5.40. The van der Waals surface area contributed by atoms with E-state index in [9.17, 15) is 4.79 Å². The summed E-state index contributed by atoms with van der Waals surface area (Å²) in [4.78, 5) is 14.5. The van der Waals surface area contributed by atoms with Crippen molar-refractivity contribution in [1.29, 1.82) is 0 Å². The van der Waals surface area contributed by atoms with E-state index in [-0.39, 0.29) is 5.91 Å². The van der Waals surface area contributed by atoms with E-state index in [2.05, 4.69) is 15.9 Å². The lowest BCUT2D eigenvalue weighted by molar-refractivity contribution is 0.0771. The summed E-state index contributed by atoms with van der Waals surface area (Å²) in [6.07, 6.45) is 0. The van der Waals surface area contributed by atoms with Gasteiger partial charge < -0.3 is 9.64 Å². The number of amides is 1. The van der Waals surface area contributed by atoms with E-state index < -0.39 is 0 Å². The predicted octanol–water partition coefficient (Wildman–Crippen LogP) is 4.09. The van der Waals surface area contributed by atoms with Crippen LogP contribution in [0.3, 0.4) is 0 Å². The van der Waals surface area contributed by atoms with E-state index in [1.54, 1.807) is 12.0 Å². The molecule has 20 heavy (non-hydrogen) atoms. The first-order valence-electron chi connectivity index (χ1n) is 6.67. The highest BCUT2D eigenvalue weighted by Crippen LogP contribution is 2.31. The van der Waals surface area contributed by atoms with Gasteiger partial charge in [-0.3, -0.25) is 4.79 Å². The lowest BCUT2D eigenvalue weighted by atomic mass is 10.0. The lowest BCUT2D eigenvalue weighted by Crippen LogP contribution is -2.30. The Bertz CT molecular complexity index is 636. The van der Waals surface area contributed by atoms with E-state index in [0.717, 1.165) is 15.2 Å². The molecule has 0 saturated heterocycles. The average molecular weight is 336 g/mol. The molecular formula is C16H18BrNO2. The first-order chi connectivity index (χ1) is 9.62. The van der Waals surface area contributed by atoms with Gasteiger partial charge in [-0.1, -0.05) is 28.1 Å². The second kappa shape index (κ2) is 6.27. The van der Waals surface area contributed by atoms with Gasteiger partial charge in [-0.15, -0.1) is 0 Å². The van der Waals surface area contributed by atoms with Crippen molar-refractivity contribution in [3.05, 3.63) is 40.4 Å². The minimum atomic E-state index is 0.0137. The SMILES string of the molecule is CCN(CC)C(=O)c1c(OC)ccc2cc(Br)ccc12. The van der Waals surface area contributed by atoms with Gasteiger partial charge in [0.1, 0.15) is 5.75 Å². The third-order valence-electron chi connectivity index (χ3n) is 3.43. The molecule has 0 saturated carbocycles. The quantitative estimate of drug-likeness (QED) is 0.842. The van der Waals surface area contributed by atoms with Crippen LogP contribution in [-0.2, 0) is 0 Å². The molecule has 0 aromatic heterocycles. The highest BCUT2D eigenvalue weighted by atomic mass is 79.9. The number of hydrogen-bond donors (Lipinski definition) is 0.